The van der Waals surface area contributed by atoms with Crippen molar-refractivity contribution < 1.29 is 14.7 Å². The first kappa shape index (κ1) is 17.2. The molecule has 0 bridgehead atoms. The van der Waals surface area contributed by atoms with E-state index in [0.29, 0.717) is 24.3 Å². The molecule has 0 aromatic carbocycles. The molecule has 1 aromatic rings. The number of aryl methyl sites for hydroxylation is 1. The summed E-state index contributed by atoms with van der Waals surface area (Å²) in [5.41, 5.74) is 1.12. The van der Waals surface area contributed by atoms with Crippen molar-refractivity contribution in [2.75, 3.05) is 13.2 Å². The first-order valence-electron chi connectivity index (χ1n) is 7.85. The lowest BCUT2D eigenvalue weighted by atomic mass is 9.99. The number of amides is 2. The molecular weight excluding hydrogens is 296 g/mol. The van der Waals surface area contributed by atoms with E-state index in [4.69, 9.17) is 5.11 Å². The Hall–Kier alpha value is -2.15. The number of nitrogens with one attached hydrogen (secondary N) is 1. The predicted molar refractivity (Wildman–Crippen MR) is 85.9 cm³/mol. The van der Waals surface area contributed by atoms with E-state index in [1.807, 2.05) is 6.92 Å². The second kappa shape index (κ2) is 7.41. The summed E-state index contributed by atoms with van der Waals surface area (Å²) in [6.45, 7) is 8.11. The minimum atomic E-state index is -0.197. The lowest BCUT2D eigenvalue weighted by Gasteiger charge is -2.37. The van der Waals surface area contributed by atoms with E-state index in [-0.39, 0.29) is 30.5 Å². The van der Waals surface area contributed by atoms with Crippen LogP contribution in [0.15, 0.2) is 18.9 Å². The molecule has 1 fully saturated rings. The summed E-state index contributed by atoms with van der Waals surface area (Å²) in [7, 11) is 0. The molecule has 7 nitrogen and oxygen atoms in total. The Morgan fingerprint density at radius 1 is 1.52 bits per heavy atom. The zero-order valence-electron chi connectivity index (χ0n) is 13.7. The maximum atomic E-state index is 12.4. The van der Waals surface area contributed by atoms with Crippen LogP contribution in [0.25, 0.3) is 0 Å². The minimum absolute atomic E-state index is 0.0265. The first-order chi connectivity index (χ1) is 11.0. The molecule has 1 aliphatic heterocycles. The summed E-state index contributed by atoms with van der Waals surface area (Å²) >= 11 is 0. The van der Waals surface area contributed by atoms with Crippen molar-refractivity contribution in [1.82, 2.24) is 20.0 Å². The van der Waals surface area contributed by atoms with E-state index in [2.05, 4.69) is 17.0 Å². The smallest absolute Gasteiger partial charge is 0.255 e. The Labute approximate surface area is 136 Å². The molecule has 2 N–H and O–H groups in total. The van der Waals surface area contributed by atoms with Crippen molar-refractivity contribution in [2.24, 2.45) is 0 Å². The zero-order valence-corrected chi connectivity index (χ0v) is 13.7. The quantitative estimate of drug-likeness (QED) is 0.773. The lowest BCUT2D eigenvalue weighted by Crippen LogP contribution is -2.52. The van der Waals surface area contributed by atoms with Gasteiger partial charge in [-0.3, -0.25) is 14.3 Å². The summed E-state index contributed by atoms with van der Waals surface area (Å²) in [6.07, 6.45) is 4.62. The molecule has 2 rings (SSSR count). The van der Waals surface area contributed by atoms with Crippen molar-refractivity contribution >= 4 is 11.8 Å². The predicted octanol–water partition coefficient (Wildman–Crippen LogP) is 0.479. The van der Waals surface area contributed by atoms with E-state index < -0.39 is 0 Å². The molecular formula is C16H24N4O3. The fraction of sp³-hybridized carbons (Fsp3) is 0.562. The molecule has 23 heavy (non-hydrogen) atoms. The van der Waals surface area contributed by atoms with Crippen molar-refractivity contribution in [3.8, 4) is 0 Å². The number of nitrogens with zero attached hydrogens (tertiary/aromatic N) is 3. The van der Waals surface area contributed by atoms with Gasteiger partial charge in [-0.1, -0.05) is 6.58 Å². The van der Waals surface area contributed by atoms with Gasteiger partial charge in [-0.2, -0.15) is 5.10 Å². The summed E-state index contributed by atoms with van der Waals surface area (Å²) in [5.74, 6) is -0.305. The summed E-state index contributed by atoms with van der Waals surface area (Å²) in [5, 5.41) is 16.1. The summed E-state index contributed by atoms with van der Waals surface area (Å²) in [4.78, 5) is 26.0. The average Bonchev–Trinajstić information content (AvgIpc) is 2.89. The van der Waals surface area contributed by atoms with Gasteiger partial charge >= 0.3 is 0 Å². The van der Waals surface area contributed by atoms with Gasteiger partial charge in [-0.05, 0) is 32.8 Å². The van der Waals surface area contributed by atoms with Crippen molar-refractivity contribution in [1.29, 1.82) is 0 Å². The highest BCUT2D eigenvalue weighted by molar-refractivity contribution is 5.95. The molecule has 0 spiro atoms. The van der Waals surface area contributed by atoms with E-state index in [1.54, 1.807) is 22.7 Å². The minimum Gasteiger partial charge on any atom is -0.394 e. The van der Waals surface area contributed by atoms with Crippen molar-refractivity contribution in [3.05, 3.63) is 30.1 Å². The zero-order chi connectivity index (χ0) is 17.0. The number of piperidine rings is 1. The third-order valence-corrected chi connectivity index (χ3v) is 4.20. The maximum Gasteiger partial charge on any atom is 0.255 e. The van der Waals surface area contributed by atoms with Gasteiger partial charge in [-0.15, -0.1) is 0 Å². The molecule has 0 aliphatic carbocycles. The number of aliphatic hydroxyl groups is 1. The molecule has 1 aliphatic rings. The third kappa shape index (κ3) is 3.98. The fourth-order valence-corrected chi connectivity index (χ4v) is 2.87. The normalized spacial score (nSPS) is 21.1. The van der Waals surface area contributed by atoms with Crippen LogP contribution >= 0.6 is 0 Å². The van der Waals surface area contributed by atoms with Gasteiger partial charge in [0.25, 0.3) is 5.91 Å². The molecule has 126 valence electrons. The van der Waals surface area contributed by atoms with E-state index >= 15 is 0 Å². The highest BCUT2D eigenvalue weighted by atomic mass is 16.3. The Balaban J connectivity index is 2.02. The molecule has 0 saturated carbocycles. The van der Waals surface area contributed by atoms with Crippen LogP contribution in [-0.4, -0.2) is 56.8 Å². The van der Waals surface area contributed by atoms with Crippen LogP contribution in [-0.2, 0) is 11.3 Å². The van der Waals surface area contributed by atoms with Crippen LogP contribution in [0.5, 0.6) is 0 Å². The molecule has 2 atom stereocenters. The molecule has 7 heteroatoms. The first-order valence-corrected chi connectivity index (χ1v) is 7.85. The topological polar surface area (TPSA) is 87.5 Å². The van der Waals surface area contributed by atoms with E-state index in [1.165, 1.54) is 6.08 Å². The molecule has 1 aromatic heterocycles. The molecule has 2 amide bonds. The Morgan fingerprint density at radius 3 is 2.91 bits per heavy atom. The second-order valence-corrected chi connectivity index (χ2v) is 5.91. The number of carbonyl (C=O) groups excluding carboxylic acids is 2. The second-order valence-electron chi connectivity index (χ2n) is 5.91. The summed E-state index contributed by atoms with van der Waals surface area (Å²) in [6, 6.07) is 0.0749. The highest BCUT2D eigenvalue weighted by Gasteiger charge is 2.29. The van der Waals surface area contributed by atoms with Crippen LogP contribution in [0.2, 0.25) is 0 Å². The van der Waals surface area contributed by atoms with Gasteiger partial charge in [0.2, 0.25) is 5.91 Å². The van der Waals surface area contributed by atoms with Gasteiger partial charge in [0.05, 0.1) is 24.4 Å². The standard InChI is InChI=1S/C16H24N4O3/c1-4-15(22)20-9-13(6-5-11(20)2)17-16(23)14-10-19(7-8-21)18-12(14)3/h4,10-11,13,21H,1,5-9H2,2-3H3,(H,17,23). The maximum absolute atomic E-state index is 12.4. The van der Waals surface area contributed by atoms with Gasteiger partial charge in [-0.25, -0.2) is 0 Å². The van der Waals surface area contributed by atoms with Crippen LogP contribution < -0.4 is 5.32 Å². The Kier molecular flexibility index (Phi) is 5.54. The molecule has 1 saturated heterocycles. The van der Waals surface area contributed by atoms with Crippen LogP contribution in [0.1, 0.15) is 35.8 Å². The van der Waals surface area contributed by atoms with Crippen molar-refractivity contribution in [3.63, 3.8) is 0 Å². The number of aliphatic hydroxyl groups excluding tert-OH is 1. The molecule has 2 unspecified atom stereocenters. The van der Waals surface area contributed by atoms with E-state index in [0.717, 1.165) is 12.8 Å². The fourth-order valence-electron chi connectivity index (χ4n) is 2.87. The molecule has 0 radical (unpaired) electrons. The van der Waals surface area contributed by atoms with Gasteiger partial charge in [0, 0.05) is 24.8 Å². The largest absolute Gasteiger partial charge is 0.394 e. The van der Waals surface area contributed by atoms with Crippen LogP contribution in [0.4, 0.5) is 0 Å². The highest BCUT2D eigenvalue weighted by Crippen LogP contribution is 2.18. The molecule has 2 heterocycles. The van der Waals surface area contributed by atoms with Gasteiger partial charge in [0.15, 0.2) is 0 Å². The van der Waals surface area contributed by atoms with Crippen LogP contribution in [0, 0.1) is 6.92 Å². The number of likely N-dealkylation sites (tertiary alicyclic amines) is 1. The third-order valence-electron chi connectivity index (χ3n) is 4.20. The van der Waals surface area contributed by atoms with Gasteiger partial charge in [0.1, 0.15) is 0 Å². The van der Waals surface area contributed by atoms with E-state index in [9.17, 15) is 9.59 Å². The Bertz CT molecular complexity index is 596. The number of carbonyl (C=O) groups is 2. The number of hydrogen-bond donors (Lipinski definition) is 2. The number of aromatic nitrogens is 2. The monoisotopic (exact) mass is 320 g/mol. The lowest BCUT2D eigenvalue weighted by molar-refractivity contribution is -0.129. The van der Waals surface area contributed by atoms with Crippen LogP contribution in [0.3, 0.4) is 0 Å². The summed E-state index contributed by atoms with van der Waals surface area (Å²) < 4.78 is 1.56. The van der Waals surface area contributed by atoms with Gasteiger partial charge < -0.3 is 15.3 Å². The average molecular weight is 320 g/mol. The van der Waals surface area contributed by atoms with Crippen molar-refractivity contribution in [2.45, 2.75) is 45.3 Å². The number of rotatable bonds is 5. The SMILES string of the molecule is C=CC(=O)N1CC(NC(=O)c2cn(CCO)nc2C)CCC1C. The number of hydrogen-bond acceptors (Lipinski definition) is 4. The Morgan fingerprint density at radius 2 is 2.26 bits per heavy atom.